The Bertz CT molecular complexity index is 823. The molecule has 1 fully saturated rings. The second-order valence-electron chi connectivity index (χ2n) is 7.73. The third-order valence-corrected chi connectivity index (χ3v) is 5.20. The Morgan fingerprint density at radius 3 is 2.36 bits per heavy atom. The molecule has 1 atom stereocenters. The number of benzene rings is 2. The van der Waals surface area contributed by atoms with Crippen molar-refractivity contribution in [1.82, 2.24) is 15.1 Å². The summed E-state index contributed by atoms with van der Waals surface area (Å²) in [4.78, 5) is 29.1. The minimum atomic E-state index is -0.217. The first-order chi connectivity index (χ1) is 13.4. The molecule has 6 nitrogen and oxygen atoms in total. The third kappa shape index (κ3) is 5.09. The number of amides is 2. The lowest BCUT2D eigenvalue weighted by Crippen LogP contribution is -2.54. The van der Waals surface area contributed by atoms with E-state index in [4.69, 9.17) is 0 Å². The molecule has 0 radical (unpaired) electrons. The number of hydrogen-bond donors (Lipinski definition) is 2. The van der Waals surface area contributed by atoms with Crippen molar-refractivity contribution in [2.75, 3.05) is 38.0 Å². The van der Waals surface area contributed by atoms with E-state index in [2.05, 4.69) is 20.4 Å². The summed E-state index contributed by atoms with van der Waals surface area (Å²) in [6, 6.07) is 13.9. The van der Waals surface area contributed by atoms with Gasteiger partial charge in [-0.1, -0.05) is 36.4 Å². The highest BCUT2D eigenvalue weighted by Crippen LogP contribution is 2.23. The molecule has 2 aromatic carbocycles. The minimum Gasteiger partial charge on any atom is -0.353 e. The van der Waals surface area contributed by atoms with Crippen LogP contribution in [-0.4, -0.2) is 66.4 Å². The number of carbonyl (C=O) groups is 2. The van der Waals surface area contributed by atoms with Gasteiger partial charge in [0.1, 0.15) is 0 Å². The van der Waals surface area contributed by atoms with Crippen LogP contribution < -0.4 is 10.6 Å². The monoisotopic (exact) mass is 382 g/mol. The van der Waals surface area contributed by atoms with Crippen molar-refractivity contribution in [3.63, 3.8) is 0 Å². The number of carbonyl (C=O) groups excluding carboxylic acids is 2. The van der Waals surface area contributed by atoms with Crippen molar-refractivity contribution >= 4 is 28.3 Å². The minimum absolute atomic E-state index is 0.00218. The smallest absolute Gasteiger partial charge is 0.241 e. The quantitative estimate of drug-likeness (QED) is 0.805. The molecule has 0 saturated carbocycles. The van der Waals surface area contributed by atoms with Crippen LogP contribution >= 0.6 is 0 Å². The standard InChI is InChI=1S/C22H30N4O2/c1-16(2)23-21(27)15-25-11-13-26(14-12-25)17(3)22(28)24-20-10-6-8-18-7-4-5-9-19(18)20/h4-10,16-17H,11-15H2,1-3H3,(H,23,27)(H,24,28). The van der Waals surface area contributed by atoms with E-state index in [9.17, 15) is 9.59 Å². The normalized spacial score (nSPS) is 16.9. The molecule has 0 aromatic heterocycles. The topological polar surface area (TPSA) is 64.7 Å². The van der Waals surface area contributed by atoms with Crippen LogP contribution in [0.25, 0.3) is 10.8 Å². The van der Waals surface area contributed by atoms with Crippen LogP contribution in [0.2, 0.25) is 0 Å². The maximum Gasteiger partial charge on any atom is 0.241 e. The van der Waals surface area contributed by atoms with E-state index in [1.54, 1.807) is 0 Å². The first-order valence-corrected chi connectivity index (χ1v) is 9.98. The molecule has 1 aliphatic rings. The summed E-state index contributed by atoms with van der Waals surface area (Å²) in [6.07, 6.45) is 0. The number of nitrogens with one attached hydrogen (secondary N) is 2. The van der Waals surface area contributed by atoms with Crippen LogP contribution in [0.5, 0.6) is 0 Å². The molecular formula is C22H30N4O2. The zero-order valence-corrected chi connectivity index (χ0v) is 16.9. The van der Waals surface area contributed by atoms with E-state index in [1.807, 2.05) is 63.2 Å². The van der Waals surface area contributed by atoms with E-state index in [0.717, 1.165) is 42.6 Å². The molecule has 2 N–H and O–H groups in total. The van der Waals surface area contributed by atoms with Gasteiger partial charge in [-0.25, -0.2) is 0 Å². The first-order valence-electron chi connectivity index (χ1n) is 9.98. The predicted octanol–water partition coefficient (Wildman–Crippen LogP) is 2.31. The molecule has 28 heavy (non-hydrogen) atoms. The van der Waals surface area contributed by atoms with Crippen molar-refractivity contribution < 1.29 is 9.59 Å². The Labute approximate surface area is 166 Å². The Hall–Kier alpha value is -2.44. The number of rotatable bonds is 6. The maximum absolute atomic E-state index is 12.8. The van der Waals surface area contributed by atoms with Gasteiger partial charge in [-0.2, -0.15) is 0 Å². The molecule has 0 bridgehead atoms. The summed E-state index contributed by atoms with van der Waals surface area (Å²) in [5.74, 6) is 0.0625. The van der Waals surface area contributed by atoms with Gasteiger partial charge in [0.25, 0.3) is 0 Å². The largest absolute Gasteiger partial charge is 0.353 e. The lowest BCUT2D eigenvalue weighted by atomic mass is 10.1. The lowest BCUT2D eigenvalue weighted by molar-refractivity contribution is -0.125. The van der Waals surface area contributed by atoms with Crippen molar-refractivity contribution in [2.45, 2.75) is 32.9 Å². The van der Waals surface area contributed by atoms with Gasteiger partial charge in [-0.3, -0.25) is 19.4 Å². The molecule has 1 aliphatic heterocycles. The number of anilines is 1. The summed E-state index contributed by atoms with van der Waals surface area (Å²) in [5.41, 5.74) is 0.846. The maximum atomic E-state index is 12.8. The Morgan fingerprint density at radius 2 is 1.64 bits per heavy atom. The van der Waals surface area contributed by atoms with E-state index < -0.39 is 0 Å². The zero-order valence-electron chi connectivity index (χ0n) is 16.9. The van der Waals surface area contributed by atoms with Gasteiger partial charge < -0.3 is 10.6 Å². The third-order valence-electron chi connectivity index (χ3n) is 5.20. The van der Waals surface area contributed by atoms with Gasteiger partial charge in [0, 0.05) is 43.3 Å². The fourth-order valence-electron chi connectivity index (χ4n) is 3.62. The van der Waals surface area contributed by atoms with E-state index in [-0.39, 0.29) is 23.9 Å². The fourth-order valence-corrected chi connectivity index (χ4v) is 3.62. The van der Waals surface area contributed by atoms with Gasteiger partial charge in [0.05, 0.1) is 12.6 Å². The molecule has 1 saturated heterocycles. The lowest BCUT2D eigenvalue weighted by Gasteiger charge is -2.37. The average molecular weight is 383 g/mol. The first kappa shape index (κ1) is 20.3. The van der Waals surface area contributed by atoms with Gasteiger partial charge in [0.15, 0.2) is 0 Å². The van der Waals surface area contributed by atoms with Crippen LogP contribution in [0.1, 0.15) is 20.8 Å². The molecule has 2 aromatic rings. The number of piperazine rings is 1. The van der Waals surface area contributed by atoms with E-state index in [0.29, 0.717) is 6.54 Å². The highest BCUT2D eigenvalue weighted by atomic mass is 16.2. The van der Waals surface area contributed by atoms with Crippen molar-refractivity contribution in [3.8, 4) is 0 Å². The number of nitrogens with zero attached hydrogens (tertiary/aromatic N) is 2. The fraction of sp³-hybridized carbons (Fsp3) is 0.455. The zero-order chi connectivity index (χ0) is 20.1. The predicted molar refractivity (Wildman–Crippen MR) is 113 cm³/mol. The summed E-state index contributed by atoms with van der Waals surface area (Å²) < 4.78 is 0. The molecule has 2 amide bonds. The SMILES string of the molecule is CC(C)NC(=O)CN1CCN(C(C)C(=O)Nc2cccc3ccccc23)CC1. The van der Waals surface area contributed by atoms with E-state index in [1.165, 1.54) is 0 Å². The van der Waals surface area contributed by atoms with Gasteiger partial charge in [-0.15, -0.1) is 0 Å². The molecular weight excluding hydrogens is 352 g/mol. The summed E-state index contributed by atoms with van der Waals surface area (Å²) in [7, 11) is 0. The molecule has 0 aliphatic carbocycles. The van der Waals surface area contributed by atoms with Crippen LogP contribution in [0.15, 0.2) is 42.5 Å². The van der Waals surface area contributed by atoms with Crippen LogP contribution in [0, 0.1) is 0 Å². The van der Waals surface area contributed by atoms with Gasteiger partial charge >= 0.3 is 0 Å². The van der Waals surface area contributed by atoms with Crippen molar-refractivity contribution in [1.29, 1.82) is 0 Å². The van der Waals surface area contributed by atoms with Crippen LogP contribution in [0.3, 0.4) is 0 Å². The summed E-state index contributed by atoms with van der Waals surface area (Å²) >= 11 is 0. The number of hydrogen-bond acceptors (Lipinski definition) is 4. The van der Waals surface area contributed by atoms with Gasteiger partial charge in [-0.05, 0) is 32.2 Å². The average Bonchev–Trinajstić information content (AvgIpc) is 2.67. The molecule has 1 heterocycles. The highest BCUT2D eigenvalue weighted by Gasteiger charge is 2.26. The molecule has 1 unspecified atom stereocenters. The molecule has 6 heteroatoms. The van der Waals surface area contributed by atoms with Crippen molar-refractivity contribution in [3.05, 3.63) is 42.5 Å². The van der Waals surface area contributed by atoms with Crippen molar-refractivity contribution in [2.24, 2.45) is 0 Å². The molecule has 3 rings (SSSR count). The van der Waals surface area contributed by atoms with E-state index >= 15 is 0 Å². The Balaban J connectivity index is 1.54. The number of fused-ring (bicyclic) bond motifs is 1. The van der Waals surface area contributed by atoms with Gasteiger partial charge in [0.2, 0.25) is 11.8 Å². The second kappa shape index (κ2) is 9.17. The highest BCUT2D eigenvalue weighted by molar-refractivity contribution is 6.03. The Morgan fingerprint density at radius 1 is 0.964 bits per heavy atom. The Kier molecular flexibility index (Phi) is 6.65. The summed E-state index contributed by atoms with van der Waals surface area (Å²) in [5, 5.41) is 8.17. The van der Waals surface area contributed by atoms with Crippen LogP contribution in [0.4, 0.5) is 5.69 Å². The van der Waals surface area contributed by atoms with Crippen LogP contribution in [-0.2, 0) is 9.59 Å². The molecule has 150 valence electrons. The molecule has 0 spiro atoms. The summed E-state index contributed by atoms with van der Waals surface area (Å²) in [6.45, 7) is 9.43. The second-order valence-corrected chi connectivity index (χ2v) is 7.73.